The zero-order chi connectivity index (χ0) is 18.2. The summed E-state index contributed by atoms with van der Waals surface area (Å²) in [6.45, 7) is 8.14. The lowest BCUT2D eigenvalue weighted by molar-refractivity contribution is -0.144. The summed E-state index contributed by atoms with van der Waals surface area (Å²) in [5, 5.41) is 0. The largest absolute Gasteiger partial charge is 0.375 e. The lowest BCUT2D eigenvalue weighted by atomic mass is 10.0. The van der Waals surface area contributed by atoms with Crippen LogP contribution in [0.3, 0.4) is 0 Å². The fourth-order valence-corrected chi connectivity index (χ4v) is 3.30. The number of ether oxygens (including phenoxy) is 1. The second-order valence-corrected chi connectivity index (χ2v) is 6.17. The van der Waals surface area contributed by atoms with E-state index < -0.39 is 0 Å². The molecule has 0 saturated carbocycles. The Labute approximate surface area is 150 Å². The molecule has 1 aliphatic heterocycles. The maximum Gasteiger partial charge on any atom is 0.248 e. The number of benzene rings is 1. The molecule has 1 atom stereocenters. The fraction of sp³-hybridized carbons (Fsp3) is 0.579. The van der Waals surface area contributed by atoms with E-state index in [0.717, 1.165) is 18.7 Å². The van der Waals surface area contributed by atoms with Crippen LogP contribution in [-0.2, 0) is 14.3 Å². The third-order valence-corrected chi connectivity index (χ3v) is 4.74. The summed E-state index contributed by atoms with van der Waals surface area (Å²) in [4.78, 5) is 31.0. The van der Waals surface area contributed by atoms with Gasteiger partial charge >= 0.3 is 0 Å². The first-order valence-electron chi connectivity index (χ1n) is 8.96. The van der Waals surface area contributed by atoms with Gasteiger partial charge in [0.2, 0.25) is 11.8 Å². The monoisotopic (exact) mass is 347 g/mol. The summed E-state index contributed by atoms with van der Waals surface area (Å²) < 4.78 is 4.91. The van der Waals surface area contributed by atoms with Gasteiger partial charge in [0.25, 0.3) is 0 Å². The van der Waals surface area contributed by atoms with E-state index in [1.54, 1.807) is 4.90 Å². The van der Waals surface area contributed by atoms with Crippen molar-refractivity contribution >= 4 is 11.8 Å². The van der Waals surface area contributed by atoms with Crippen molar-refractivity contribution < 1.29 is 14.3 Å². The number of hydrogen-bond acceptors (Lipinski definition) is 4. The Morgan fingerprint density at radius 1 is 1.04 bits per heavy atom. The van der Waals surface area contributed by atoms with Crippen LogP contribution >= 0.6 is 0 Å². The average molecular weight is 347 g/mol. The number of carbonyl (C=O) groups is 2. The number of nitrogens with zero attached hydrogens (tertiary/aromatic N) is 3. The molecule has 1 fully saturated rings. The summed E-state index contributed by atoms with van der Waals surface area (Å²) in [5.74, 6) is 0.103. The van der Waals surface area contributed by atoms with Crippen molar-refractivity contribution in [3.05, 3.63) is 35.9 Å². The zero-order valence-corrected chi connectivity index (χ0v) is 15.5. The first-order valence-corrected chi connectivity index (χ1v) is 8.96. The van der Waals surface area contributed by atoms with E-state index in [4.69, 9.17) is 4.74 Å². The van der Waals surface area contributed by atoms with Crippen LogP contribution < -0.4 is 0 Å². The van der Waals surface area contributed by atoms with Crippen LogP contribution in [-0.4, -0.2) is 79.5 Å². The first-order chi connectivity index (χ1) is 12.1. The van der Waals surface area contributed by atoms with E-state index in [1.165, 1.54) is 7.11 Å². The molecule has 1 aliphatic rings. The van der Waals surface area contributed by atoms with Crippen LogP contribution in [0.4, 0.5) is 0 Å². The van der Waals surface area contributed by atoms with Crippen LogP contribution in [0.5, 0.6) is 0 Å². The highest BCUT2D eigenvalue weighted by Gasteiger charge is 2.32. The minimum absolute atomic E-state index is 0.0158. The van der Waals surface area contributed by atoms with E-state index in [1.807, 2.05) is 35.2 Å². The minimum atomic E-state index is -0.266. The van der Waals surface area contributed by atoms with Gasteiger partial charge < -0.3 is 14.5 Å². The van der Waals surface area contributed by atoms with Gasteiger partial charge in [0, 0.05) is 33.3 Å². The number of hydrogen-bond donors (Lipinski definition) is 0. The third kappa shape index (κ3) is 4.80. The summed E-state index contributed by atoms with van der Waals surface area (Å²) in [5.41, 5.74) is 1.02. The molecule has 2 amide bonds. The van der Waals surface area contributed by atoms with Crippen molar-refractivity contribution in [3.8, 4) is 0 Å². The fourth-order valence-electron chi connectivity index (χ4n) is 3.30. The molecule has 2 rings (SSSR count). The summed E-state index contributed by atoms with van der Waals surface area (Å²) in [6, 6.07) is 9.67. The molecule has 1 aromatic rings. The molecule has 0 N–H and O–H groups in total. The molecule has 0 unspecified atom stereocenters. The van der Waals surface area contributed by atoms with Gasteiger partial charge in [-0.05, 0) is 18.7 Å². The standard InChI is InChI=1S/C19H29N3O3/c1-4-20(5-2)18(16-9-7-6-8-10-16)19(24)22-13-11-21(12-14-22)17(23)15-25-3/h6-10,18H,4-5,11-15H2,1-3H3/t18-/m1/s1. The molecule has 1 aromatic carbocycles. The Kier molecular flexibility index (Phi) is 7.40. The maximum atomic E-state index is 13.2. The van der Waals surface area contributed by atoms with Gasteiger partial charge in [-0.15, -0.1) is 0 Å². The van der Waals surface area contributed by atoms with Gasteiger partial charge in [-0.3, -0.25) is 14.5 Å². The van der Waals surface area contributed by atoms with E-state index in [9.17, 15) is 9.59 Å². The van der Waals surface area contributed by atoms with Gasteiger partial charge in [0.1, 0.15) is 12.6 Å². The number of likely N-dealkylation sites (N-methyl/N-ethyl adjacent to an activating group) is 1. The molecule has 0 bridgehead atoms. The van der Waals surface area contributed by atoms with Gasteiger partial charge in [0.15, 0.2) is 0 Å². The van der Waals surface area contributed by atoms with Crippen LogP contribution in [0.15, 0.2) is 30.3 Å². The van der Waals surface area contributed by atoms with E-state index in [-0.39, 0.29) is 24.5 Å². The zero-order valence-electron chi connectivity index (χ0n) is 15.5. The van der Waals surface area contributed by atoms with Crippen LogP contribution in [0.2, 0.25) is 0 Å². The predicted octanol–water partition coefficient (Wildman–Crippen LogP) is 1.39. The Morgan fingerprint density at radius 3 is 2.12 bits per heavy atom. The summed E-state index contributed by atoms with van der Waals surface area (Å²) >= 11 is 0. The molecule has 0 radical (unpaired) electrons. The van der Waals surface area contributed by atoms with Crippen molar-refractivity contribution in [3.63, 3.8) is 0 Å². The summed E-state index contributed by atoms with van der Waals surface area (Å²) in [7, 11) is 1.52. The highest BCUT2D eigenvalue weighted by atomic mass is 16.5. The molecular weight excluding hydrogens is 318 g/mol. The summed E-state index contributed by atoms with van der Waals surface area (Å²) in [6.07, 6.45) is 0. The minimum Gasteiger partial charge on any atom is -0.375 e. The van der Waals surface area contributed by atoms with Crippen molar-refractivity contribution in [1.29, 1.82) is 0 Å². The van der Waals surface area contributed by atoms with E-state index in [2.05, 4.69) is 18.7 Å². The molecule has 0 aromatic heterocycles. The molecule has 0 aliphatic carbocycles. The molecular formula is C19H29N3O3. The normalized spacial score (nSPS) is 16.2. The second-order valence-electron chi connectivity index (χ2n) is 6.17. The van der Waals surface area contributed by atoms with Crippen LogP contribution in [0.1, 0.15) is 25.5 Å². The van der Waals surface area contributed by atoms with Gasteiger partial charge in [0.05, 0.1) is 0 Å². The van der Waals surface area contributed by atoms with Crippen molar-refractivity contribution in [2.75, 3.05) is 53.0 Å². The Morgan fingerprint density at radius 2 is 1.60 bits per heavy atom. The van der Waals surface area contributed by atoms with Gasteiger partial charge in [-0.1, -0.05) is 44.2 Å². The SMILES string of the molecule is CCN(CC)[C@@H](C(=O)N1CCN(C(=O)COC)CC1)c1ccccc1. The number of carbonyl (C=O) groups excluding carboxylic acids is 2. The van der Waals surface area contributed by atoms with Gasteiger partial charge in [-0.2, -0.15) is 0 Å². The van der Waals surface area contributed by atoms with Crippen molar-refractivity contribution in [1.82, 2.24) is 14.7 Å². The number of rotatable bonds is 7. The first kappa shape index (κ1) is 19.4. The van der Waals surface area contributed by atoms with Crippen LogP contribution in [0.25, 0.3) is 0 Å². The van der Waals surface area contributed by atoms with Gasteiger partial charge in [-0.25, -0.2) is 0 Å². The average Bonchev–Trinajstić information content (AvgIpc) is 2.66. The highest BCUT2D eigenvalue weighted by molar-refractivity contribution is 5.84. The topological polar surface area (TPSA) is 53.1 Å². The lowest BCUT2D eigenvalue weighted by Gasteiger charge is -2.38. The predicted molar refractivity (Wildman–Crippen MR) is 97.1 cm³/mol. The highest BCUT2D eigenvalue weighted by Crippen LogP contribution is 2.23. The van der Waals surface area contributed by atoms with E-state index in [0.29, 0.717) is 26.2 Å². The second kappa shape index (κ2) is 9.53. The number of piperazine rings is 1. The number of methoxy groups -OCH3 is 1. The molecule has 6 nitrogen and oxygen atoms in total. The number of amides is 2. The van der Waals surface area contributed by atoms with Crippen molar-refractivity contribution in [2.24, 2.45) is 0 Å². The molecule has 1 saturated heterocycles. The Balaban J connectivity index is 2.09. The quantitative estimate of drug-likeness (QED) is 0.748. The maximum absolute atomic E-state index is 13.2. The lowest BCUT2D eigenvalue weighted by Crippen LogP contribution is -2.54. The Bertz CT molecular complexity index is 552. The molecule has 0 spiro atoms. The third-order valence-electron chi connectivity index (χ3n) is 4.74. The van der Waals surface area contributed by atoms with Crippen LogP contribution in [0, 0.1) is 0 Å². The molecule has 138 valence electrons. The molecule has 25 heavy (non-hydrogen) atoms. The smallest absolute Gasteiger partial charge is 0.248 e. The van der Waals surface area contributed by atoms with Crippen molar-refractivity contribution in [2.45, 2.75) is 19.9 Å². The molecule has 6 heteroatoms. The molecule has 1 heterocycles. The van der Waals surface area contributed by atoms with E-state index >= 15 is 0 Å². The Hall–Kier alpha value is -1.92.